The van der Waals surface area contributed by atoms with Gasteiger partial charge in [0, 0.05) is 19.3 Å². The van der Waals surface area contributed by atoms with E-state index in [-0.39, 0.29) is 11.5 Å². The Labute approximate surface area is 243 Å². The van der Waals surface area contributed by atoms with Crippen LogP contribution in [-0.2, 0) is 17.8 Å². The van der Waals surface area contributed by atoms with Gasteiger partial charge in [-0.1, -0.05) is 90.2 Å². The minimum atomic E-state index is -0.184. The highest BCUT2D eigenvalue weighted by atomic mass is 32.2. The van der Waals surface area contributed by atoms with Crippen LogP contribution < -0.4 is 10.5 Å². The van der Waals surface area contributed by atoms with Crippen molar-refractivity contribution in [2.24, 2.45) is 5.92 Å². The van der Waals surface area contributed by atoms with Crippen molar-refractivity contribution in [3.05, 3.63) is 117 Å². The number of carbonyl (C=O) groups is 1. The molecule has 202 valence electrons. The molecule has 8 heteroatoms. The molecule has 2 aromatic heterocycles. The number of benzene rings is 2. The van der Waals surface area contributed by atoms with Crippen molar-refractivity contribution in [1.29, 1.82) is 0 Å². The number of fused-ring (bicyclic) bond motifs is 1. The van der Waals surface area contributed by atoms with Crippen LogP contribution in [-0.4, -0.2) is 37.6 Å². The van der Waals surface area contributed by atoms with E-state index in [1.54, 1.807) is 21.6 Å². The van der Waals surface area contributed by atoms with Crippen LogP contribution in [0.25, 0.3) is 11.7 Å². The zero-order chi connectivity index (χ0) is 27.6. The molecule has 2 aromatic carbocycles. The Morgan fingerprint density at radius 3 is 2.42 bits per heavy atom. The smallest absolute Gasteiger partial charge is 0.267 e. The van der Waals surface area contributed by atoms with Gasteiger partial charge in [-0.2, -0.15) is 0 Å². The van der Waals surface area contributed by atoms with E-state index >= 15 is 0 Å². The van der Waals surface area contributed by atoms with Crippen LogP contribution in [0.15, 0.2) is 88.7 Å². The van der Waals surface area contributed by atoms with E-state index in [9.17, 15) is 9.59 Å². The van der Waals surface area contributed by atoms with Crippen molar-refractivity contribution >= 4 is 51.7 Å². The van der Waals surface area contributed by atoms with Crippen LogP contribution in [0.3, 0.4) is 0 Å². The molecule has 0 radical (unpaired) electrons. The molecular weight excluding hydrogens is 537 g/mol. The standard InChI is InChI=1S/C32H30N4O2S2/c1-22-10-12-25(13-11-22)21-36-31(38)27(40-32(36)39)20-26-29(33-28-9-5-6-16-35(28)30(26)37)34-17-14-24(15-18-34)19-23-7-3-2-4-8-23/h2-13,16,20,24H,14-15,17-19,21H2,1H3/b27-20+. The van der Waals surface area contributed by atoms with Gasteiger partial charge < -0.3 is 4.90 Å². The van der Waals surface area contributed by atoms with Crippen molar-refractivity contribution in [2.45, 2.75) is 32.7 Å². The zero-order valence-corrected chi connectivity index (χ0v) is 24.0. The summed E-state index contributed by atoms with van der Waals surface area (Å²) in [6.45, 7) is 4.05. The Bertz CT molecular complexity index is 1660. The Hall–Kier alpha value is -3.75. The van der Waals surface area contributed by atoms with Gasteiger partial charge in [-0.3, -0.25) is 18.9 Å². The lowest BCUT2D eigenvalue weighted by atomic mass is 9.90. The van der Waals surface area contributed by atoms with Crippen LogP contribution in [0.2, 0.25) is 0 Å². The average molecular weight is 567 g/mol. The van der Waals surface area contributed by atoms with Crippen molar-refractivity contribution in [3.63, 3.8) is 0 Å². The third-order valence-corrected chi connectivity index (χ3v) is 9.02. The molecule has 2 aliphatic heterocycles. The van der Waals surface area contributed by atoms with Crippen LogP contribution in [0.1, 0.15) is 35.1 Å². The molecule has 0 N–H and O–H groups in total. The topological polar surface area (TPSA) is 57.9 Å². The SMILES string of the molecule is Cc1ccc(CN2C(=O)/C(=C\c3c(N4CCC(Cc5ccccc5)CC4)nc4ccccn4c3=O)SC2=S)cc1. The van der Waals surface area contributed by atoms with Crippen molar-refractivity contribution in [3.8, 4) is 0 Å². The highest BCUT2D eigenvalue weighted by Crippen LogP contribution is 2.35. The lowest BCUT2D eigenvalue weighted by Crippen LogP contribution is -2.37. The first kappa shape index (κ1) is 26.5. The summed E-state index contributed by atoms with van der Waals surface area (Å²) in [5, 5.41) is 0. The molecule has 2 aliphatic rings. The predicted octanol–water partition coefficient (Wildman–Crippen LogP) is 5.86. The van der Waals surface area contributed by atoms with Gasteiger partial charge in [0.25, 0.3) is 11.5 Å². The van der Waals surface area contributed by atoms with Gasteiger partial charge in [0.15, 0.2) is 0 Å². The highest BCUT2D eigenvalue weighted by Gasteiger charge is 2.33. The van der Waals surface area contributed by atoms with Crippen molar-refractivity contribution in [2.75, 3.05) is 18.0 Å². The monoisotopic (exact) mass is 566 g/mol. The van der Waals surface area contributed by atoms with E-state index in [1.807, 2.05) is 55.5 Å². The summed E-state index contributed by atoms with van der Waals surface area (Å²) in [4.78, 5) is 36.4. The van der Waals surface area contributed by atoms with Crippen LogP contribution in [0, 0.1) is 12.8 Å². The molecule has 0 saturated carbocycles. The fourth-order valence-corrected chi connectivity index (χ4v) is 6.64. The summed E-state index contributed by atoms with van der Waals surface area (Å²) in [6.07, 6.45) is 6.51. The highest BCUT2D eigenvalue weighted by molar-refractivity contribution is 8.26. The lowest BCUT2D eigenvalue weighted by Gasteiger charge is -2.33. The Balaban J connectivity index is 1.29. The maximum Gasteiger partial charge on any atom is 0.267 e. The van der Waals surface area contributed by atoms with Crippen LogP contribution in [0.4, 0.5) is 5.82 Å². The number of hydrogen-bond acceptors (Lipinski definition) is 6. The Morgan fingerprint density at radius 1 is 0.950 bits per heavy atom. The molecular formula is C32H30N4O2S2. The maximum atomic E-state index is 13.8. The van der Waals surface area contributed by atoms with E-state index in [1.165, 1.54) is 17.3 Å². The minimum Gasteiger partial charge on any atom is -0.356 e. The Kier molecular flexibility index (Phi) is 7.54. The first-order valence-electron chi connectivity index (χ1n) is 13.6. The summed E-state index contributed by atoms with van der Waals surface area (Å²) >= 11 is 6.83. The van der Waals surface area contributed by atoms with Crippen molar-refractivity contribution in [1.82, 2.24) is 14.3 Å². The second-order valence-electron chi connectivity index (χ2n) is 10.5. The second kappa shape index (κ2) is 11.4. The van der Waals surface area contributed by atoms with E-state index < -0.39 is 0 Å². The maximum absolute atomic E-state index is 13.8. The Morgan fingerprint density at radius 2 is 1.68 bits per heavy atom. The molecule has 0 spiro atoms. The summed E-state index contributed by atoms with van der Waals surface area (Å²) < 4.78 is 2.04. The molecule has 4 aromatic rings. The van der Waals surface area contributed by atoms with Gasteiger partial charge in [-0.15, -0.1) is 0 Å². The molecule has 1 amide bonds. The molecule has 6 rings (SSSR count). The largest absolute Gasteiger partial charge is 0.356 e. The molecule has 4 heterocycles. The summed E-state index contributed by atoms with van der Waals surface area (Å²) in [5.74, 6) is 1.04. The quantitative estimate of drug-likeness (QED) is 0.215. The van der Waals surface area contributed by atoms with Crippen molar-refractivity contribution < 1.29 is 4.79 Å². The fourth-order valence-electron chi connectivity index (χ4n) is 5.40. The number of aromatic nitrogens is 2. The number of piperidine rings is 1. The number of pyridine rings is 1. The number of nitrogens with zero attached hydrogens (tertiary/aromatic N) is 4. The van der Waals surface area contributed by atoms with Gasteiger partial charge in [-0.05, 0) is 61.4 Å². The zero-order valence-electron chi connectivity index (χ0n) is 22.3. The summed E-state index contributed by atoms with van der Waals surface area (Å²) in [7, 11) is 0. The normalized spacial score (nSPS) is 17.4. The number of thiocarbonyl (C=S) groups is 1. The molecule has 0 bridgehead atoms. The van der Waals surface area contributed by atoms with Crippen LogP contribution in [0.5, 0.6) is 0 Å². The predicted molar refractivity (Wildman–Crippen MR) is 166 cm³/mol. The number of hydrogen-bond donors (Lipinski definition) is 0. The lowest BCUT2D eigenvalue weighted by molar-refractivity contribution is -0.122. The molecule has 0 atom stereocenters. The molecule has 2 fully saturated rings. The number of rotatable bonds is 6. The summed E-state index contributed by atoms with van der Waals surface area (Å²) in [6, 6.07) is 24.2. The van der Waals surface area contributed by atoms with Crippen LogP contribution >= 0.6 is 24.0 Å². The van der Waals surface area contributed by atoms with E-state index in [0.29, 0.717) is 38.7 Å². The molecule has 6 nitrogen and oxygen atoms in total. The second-order valence-corrected chi connectivity index (χ2v) is 12.1. The third kappa shape index (κ3) is 5.46. The molecule has 0 unspecified atom stereocenters. The number of amides is 1. The number of anilines is 1. The van der Waals surface area contributed by atoms with Gasteiger partial charge in [0.1, 0.15) is 15.8 Å². The van der Waals surface area contributed by atoms with Gasteiger partial charge in [-0.25, -0.2) is 4.98 Å². The number of thioether (sulfide) groups is 1. The van der Waals surface area contributed by atoms with E-state index in [2.05, 4.69) is 29.2 Å². The van der Waals surface area contributed by atoms with E-state index in [0.717, 1.165) is 43.5 Å². The first-order valence-corrected chi connectivity index (χ1v) is 14.8. The third-order valence-electron chi connectivity index (χ3n) is 7.64. The summed E-state index contributed by atoms with van der Waals surface area (Å²) in [5.41, 5.74) is 4.37. The minimum absolute atomic E-state index is 0.180. The fraction of sp³-hybridized carbons (Fsp3) is 0.250. The van der Waals surface area contributed by atoms with E-state index in [4.69, 9.17) is 17.2 Å². The average Bonchev–Trinajstić information content (AvgIpc) is 3.24. The molecule has 0 aliphatic carbocycles. The number of carbonyl (C=O) groups excluding carboxylic acids is 1. The van der Waals surface area contributed by atoms with Gasteiger partial charge in [0.2, 0.25) is 0 Å². The first-order chi connectivity index (χ1) is 19.5. The number of aryl methyl sites for hydroxylation is 1. The molecule has 2 saturated heterocycles. The van der Waals surface area contributed by atoms with Gasteiger partial charge in [0.05, 0.1) is 17.0 Å². The van der Waals surface area contributed by atoms with Gasteiger partial charge >= 0.3 is 0 Å². The molecule has 40 heavy (non-hydrogen) atoms.